The summed E-state index contributed by atoms with van der Waals surface area (Å²) in [7, 11) is -2.32. The van der Waals surface area contributed by atoms with Gasteiger partial charge in [0, 0.05) is 23.9 Å². The number of anilines is 1. The van der Waals surface area contributed by atoms with Gasteiger partial charge in [-0.1, -0.05) is 25.9 Å². The second-order valence-electron chi connectivity index (χ2n) is 5.66. The molecule has 120 valence electrons. The maximum atomic E-state index is 12.3. The van der Waals surface area contributed by atoms with Crippen molar-refractivity contribution in [1.29, 1.82) is 0 Å². The predicted molar refractivity (Wildman–Crippen MR) is 83.7 cm³/mol. The Hall–Kier alpha value is -1.87. The van der Waals surface area contributed by atoms with Gasteiger partial charge in [0.1, 0.15) is 5.76 Å². The fourth-order valence-electron chi connectivity index (χ4n) is 1.58. The molecule has 0 spiro atoms. The number of sulfonamides is 1. The van der Waals surface area contributed by atoms with Crippen LogP contribution >= 0.6 is 11.3 Å². The van der Waals surface area contributed by atoms with Gasteiger partial charge in [0.05, 0.1) is 9.77 Å². The summed E-state index contributed by atoms with van der Waals surface area (Å²) in [6.07, 6.45) is 0. The van der Waals surface area contributed by atoms with Gasteiger partial charge in [0.15, 0.2) is 5.82 Å². The first-order chi connectivity index (χ1) is 10.1. The summed E-state index contributed by atoms with van der Waals surface area (Å²) in [4.78, 5) is 11.8. The fraction of sp³-hybridized carbons (Fsp3) is 0.385. The van der Waals surface area contributed by atoms with Gasteiger partial charge in [-0.3, -0.25) is 9.52 Å². The second kappa shape index (κ2) is 5.73. The number of amides is 1. The van der Waals surface area contributed by atoms with Crippen molar-refractivity contribution >= 4 is 33.1 Å². The smallest absolute Gasteiger partial charge is 0.263 e. The van der Waals surface area contributed by atoms with Crippen molar-refractivity contribution in [2.24, 2.45) is 0 Å². The number of nitrogens with one attached hydrogen (secondary N) is 2. The van der Waals surface area contributed by atoms with Crippen molar-refractivity contribution < 1.29 is 17.7 Å². The van der Waals surface area contributed by atoms with Crippen LogP contribution in [0.15, 0.2) is 26.9 Å². The molecule has 1 amide bonds. The van der Waals surface area contributed by atoms with Gasteiger partial charge >= 0.3 is 0 Å². The van der Waals surface area contributed by atoms with Gasteiger partial charge in [0.25, 0.3) is 15.9 Å². The number of aromatic nitrogens is 1. The van der Waals surface area contributed by atoms with Crippen molar-refractivity contribution in [3.8, 4) is 0 Å². The largest absolute Gasteiger partial charge is 0.359 e. The zero-order valence-corrected chi connectivity index (χ0v) is 14.3. The van der Waals surface area contributed by atoms with E-state index in [1.807, 2.05) is 20.8 Å². The summed E-state index contributed by atoms with van der Waals surface area (Å²) in [5.74, 6) is 0.349. The third-order valence-corrected chi connectivity index (χ3v) is 5.24. The number of carbonyl (C=O) groups is 1. The van der Waals surface area contributed by atoms with Gasteiger partial charge in [-0.2, -0.15) is 0 Å². The molecule has 0 unspecified atom stereocenters. The molecule has 0 atom stereocenters. The molecular weight excluding hydrogens is 326 g/mol. The van der Waals surface area contributed by atoms with Crippen LogP contribution in [0.4, 0.5) is 5.82 Å². The van der Waals surface area contributed by atoms with E-state index in [4.69, 9.17) is 4.52 Å². The van der Waals surface area contributed by atoms with E-state index < -0.39 is 10.0 Å². The van der Waals surface area contributed by atoms with E-state index in [2.05, 4.69) is 15.2 Å². The molecule has 0 bridgehead atoms. The van der Waals surface area contributed by atoms with Gasteiger partial charge in [-0.25, -0.2) is 8.42 Å². The van der Waals surface area contributed by atoms with Crippen LogP contribution in [0, 0.1) is 0 Å². The summed E-state index contributed by atoms with van der Waals surface area (Å²) >= 11 is 1.05. The van der Waals surface area contributed by atoms with Gasteiger partial charge < -0.3 is 9.84 Å². The van der Waals surface area contributed by atoms with E-state index in [0.717, 1.165) is 11.3 Å². The topological polar surface area (TPSA) is 101 Å². The highest BCUT2D eigenvalue weighted by atomic mass is 32.2. The maximum Gasteiger partial charge on any atom is 0.263 e. The first-order valence-electron chi connectivity index (χ1n) is 6.44. The highest BCUT2D eigenvalue weighted by molar-refractivity contribution is 7.92. The molecule has 0 aliphatic carbocycles. The average Bonchev–Trinajstić information content (AvgIpc) is 3.05. The molecule has 7 nitrogen and oxygen atoms in total. The lowest BCUT2D eigenvalue weighted by atomic mass is 9.93. The van der Waals surface area contributed by atoms with E-state index in [9.17, 15) is 13.2 Å². The highest BCUT2D eigenvalue weighted by Crippen LogP contribution is 2.26. The molecule has 2 aromatic heterocycles. The number of hydrogen-bond acceptors (Lipinski definition) is 6. The molecule has 9 heteroatoms. The molecular formula is C13H17N3O4S2. The highest BCUT2D eigenvalue weighted by Gasteiger charge is 2.23. The quantitative estimate of drug-likeness (QED) is 0.886. The first kappa shape index (κ1) is 16.5. The van der Waals surface area contributed by atoms with E-state index in [0.29, 0.717) is 10.6 Å². The number of carbonyl (C=O) groups excluding carboxylic acids is 1. The van der Waals surface area contributed by atoms with Crippen LogP contribution in [0.3, 0.4) is 0 Å². The summed E-state index contributed by atoms with van der Waals surface area (Å²) in [5.41, 5.74) is -0.272. The Morgan fingerprint density at radius 2 is 2.00 bits per heavy atom. The van der Waals surface area contributed by atoms with Crippen LogP contribution in [0.1, 0.15) is 36.2 Å². The Morgan fingerprint density at radius 1 is 1.32 bits per heavy atom. The Balaban J connectivity index is 2.23. The minimum absolute atomic E-state index is 0.0106. The molecule has 0 radical (unpaired) electrons. The molecule has 2 N–H and O–H groups in total. The molecule has 22 heavy (non-hydrogen) atoms. The predicted octanol–water partition coefficient (Wildman–Crippen LogP) is 2.19. The molecule has 0 saturated carbocycles. The number of nitrogens with zero attached hydrogens (tertiary/aromatic N) is 1. The SMILES string of the molecule is CNC(=O)c1cc(S(=O)(=O)Nc2cc(C(C)(C)C)on2)cs1. The number of rotatable bonds is 4. The number of thiophene rings is 1. The maximum absolute atomic E-state index is 12.3. The van der Waals surface area contributed by atoms with E-state index >= 15 is 0 Å². The van der Waals surface area contributed by atoms with Crippen LogP contribution < -0.4 is 10.0 Å². The van der Waals surface area contributed by atoms with Crippen molar-refractivity contribution in [2.45, 2.75) is 31.1 Å². The molecule has 0 aromatic carbocycles. The summed E-state index contributed by atoms with van der Waals surface area (Å²) in [5, 5.41) is 7.56. The van der Waals surface area contributed by atoms with Crippen molar-refractivity contribution in [3.05, 3.63) is 28.2 Å². The molecule has 2 heterocycles. The van der Waals surface area contributed by atoms with Crippen LogP contribution in [0.5, 0.6) is 0 Å². The van der Waals surface area contributed by atoms with E-state index in [-0.39, 0.29) is 22.0 Å². The second-order valence-corrected chi connectivity index (χ2v) is 8.25. The zero-order valence-electron chi connectivity index (χ0n) is 12.6. The van der Waals surface area contributed by atoms with Gasteiger partial charge in [-0.05, 0) is 6.07 Å². The molecule has 0 fully saturated rings. The lowest BCUT2D eigenvalue weighted by Crippen LogP contribution is -2.16. The minimum atomic E-state index is -3.81. The fourth-order valence-corrected chi connectivity index (χ4v) is 3.78. The minimum Gasteiger partial charge on any atom is -0.359 e. The third kappa shape index (κ3) is 3.47. The van der Waals surface area contributed by atoms with Crippen LogP contribution in [0.2, 0.25) is 0 Å². The molecule has 0 aliphatic heterocycles. The monoisotopic (exact) mass is 343 g/mol. The Bertz CT molecular complexity index is 784. The molecule has 0 aliphatic rings. The van der Waals surface area contributed by atoms with Gasteiger partial charge in [0.2, 0.25) is 0 Å². The first-order valence-corrected chi connectivity index (χ1v) is 8.80. The Kier molecular flexibility index (Phi) is 4.30. The lowest BCUT2D eigenvalue weighted by Gasteiger charge is -2.12. The molecule has 2 rings (SSSR count). The van der Waals surface area contributed by atoms with E-state index in [1.54, 1.807) is 6.07 Å². The molecule has 0 saturated heterocycles. The standard InChI is InChI=1S/C13H17N3O4S2/c1-13(2,3)10-6-11(15-20-10)16-22(18,19)8-5-9(21-7-8)12(17)14-4/h5-7H,1-4H3,(H,14,17)(H,15,16). The van der Waals surface area contributed by atoms with Crippen LogP contribution in [0.25, 0.3) is 0 Å². The van der Waals surface area contributed by atoms with Crippen molar-refractivity contribution in [1.82, 2.24) is 10.5 Å². The Labute approximate surface area is 132 Å². The van der Waals surface area contributed by atoms with Crippen LogP contribution in [-0.4, -0.2) is 26.5 Å². The third-order valence-electron chi connectivity index (χ3n) is 2.82. The molecule has 2 aromatic rings. The summed E-state index contributed by atoms with van der Waals surface area (Å²) in [6, 6.07) is 2.86. The number of hydrogen-bond donors (Lipinski definition) is 2. The summed E-state index contributed by atoms with van der Waals surface area (Å²) < 4.78 is 32.0. The zero-order chi connectivity index (χ0) is 16.5. The lowest BCUT2D eigenvalue weighted by molar-refractivity contribution is 0.0967. The summed E-state index contributed by atoms with van der Waals surface area (Å²) in [6.45, 7) is 5.79. The normalized spacial score (nSPS) is 12.2. The Morgan fingerprint density at radius 3 is 2.55 bits per heavy atom. The van der Waals surface area contributed by atoms with E-state index in [1.165, 1.54) is 18.5 Å². The van der Waals surface area contributed by atoms with Crippen molar-refractivity contribution in [2.75, 3.05) is 11.8 Å². The average molecular weight is 343 g/mol. The van der Waals surface area contributed by atoms with Gasteiger partial charge in [-0.15, -0.1) is 11.3 Å². The van der Waals surface area contributed by atoms with Crippen LogP contribution in [-0.2, 0) is 15.4 Å². The van der Waals surface area contributed by atoms with Crippen molar-refractivity contribution in [3.63, 3.8) is 0 Å².